The number of phosphoric acid groups is 1. The quantitative estimate of drug-likeness (QED) is 0.0187. The second-order valence-corrected chi connectivity index (χ2v) is 14.6. The Morgan fingerprint density at radius 1 is 0.686 bits per heavy atom. The van der Waals surface area contributed by atoms with Gasteiger partial charge in [-0.2, -0.15) is 0 Å². The SMILES string of the molecule is CCCCCCCCCCCCCC/C=C/OC[C@H](COP(=O)(O)OCCN)OC(=O)CCC/C=C\C/C=C\C/C=C\C/C=C\CCC[C@H](C)O. The summed E-state index contributed by atoms with van der Waals surface area (Å²) < 4.78 is 33.0. The zero-order valence-corrected chi connectivity index (χ0v) is 33.1. The molecule has 10 heteroatoms. The molecule has 0 aromatic heterocycles. The molecular formula is C41H74NO8P. The van der Waals surface area contributed by atoms with Gasteiger partial charge in [-0.05, 0) is 77.2 Å². The summed E-state index contributed by atoms with van der Waals surface area (Å²) in [6.07, 6.45) is 43.2. The molecule has 4 N–H and O–H groups in total. The lowest BCUT2D eigenvalue weighted by Gasteiger charge is -2.19. The second-order valence-electron chi connectivity index (χ2n) is 13.1. The van der Waals surface area contributed by atoms with E-state index in [9.17, 15) is 19.4 Å². The van der Waals surface area contributed by atoms with Crippen LogP contribution in [0.25, 0.3) is 0 Å². The lowest BCUT2D eigenvalue weighted by Crippen LogP contribution is -2.27. The fourth-order valence-corrected chi connectivity index (χ4v) is 5.86. The first-order chi connectivity index (χ1) is 24.8. The monoisotopic (exact) mass is 740 g/mol. The van der Waals surface area contributed by atoms with Crippen molar-refractivity contribution in [2.45, 2.75) is 167 Å². The molecule has 0 rings (SSSR count). The van der Waals surface area contributed by atoms with Crippen LogP contribution in [-0.2, 0) is 27.9 Å². The number of allylic oxidation sites excluding steroid dienone is 9. The van der Waals surface area contributed by atoms with Crippen LogP contribution in [-0.4, -0.2) is 54.5 Å². The van der Waals surface area contributed by atoms with Crippen molar-refractivity contribution in [3.63, 3.8) is 0 Å². The van der Waals surface area contributed by atoms with Gasteiger partial charge in [-0.1, -0.05) is 126 Å². The van der Waals surface area contributed by atoms with E-state index in [2.05, 4.69) is 55.5 Å². The third kappa shape index (κ3) is 39.0. The Morgan fingerprint density at radius 2 is 1.20 bits per heavy atom. The molecule has 9 nitrogen and oxygen atoms in total. The fraction of sp³-hybridized carbons (Fsp3) is 0.732. The Balaban J connectivity index is 4.25. The maximum absolute atomic E-state index is 12.5. The van der Waals surface area contributed by atoms with Gasteiger partial charge in [0, 0.05) is 13.0 Å². The molecule has 0 aliphatic carbocycles. The van der Waals surface area contributed by atoms with Crippen LogP contribution in [0, 0.1) is 0 Å². The number of esters is 1. The molecule has 0 aromatic rings. The van der Waals surface area contributed by atoms with Gasteiger partial charge in [-0.3, -0.25) is 13.8 Å². The minimum atomic E-state index is -4.31. The Morgan fingerprint density at radius 3 is 1.75 bits per heavy atom. The Kier molecular flexibility index (Phi) is 36.3. The van der Waals surface area contributed by atoms with E-state index < -0.39 is 19.9 Å². The van der Waals surface area contributed by atoms with Gasteiger partial charge < -0.3 is 25.2 Å². The van der Waals surface area contributed by atoms with Gasteiger partial charge in [0.15, 0.2) is 6.10 Å². The van der Waals surface area contributed by atoms with Crippen molar-refractivity contribution in [2.75, 3.05) is 26.4 Å². The second kappa shape index (κ2) is 37.7. The summed E-state index contributed by atoms with van der Waals surface area (Å²) in [5, 5.41) is 9.26. The minimum absolute atomic E-state index is 0.000515. The van der Waals surface area contributed by atoms with Gasteiger partial charge in [-0.25, -0.2) is 4.57 Å². The van der Waals surface area contributed by atoms with Gasteiger partial charge in [0.2, 0.25) is 0 Å². The first-order valence-corrected chi connectivity index (χ1v) is 21.4. The molecule has 0 saturated carbocycles. The number of carbonyl (C=O) groups is 1. The van der Waals surface area contributed by atoms with Crippen LogP contribution in [0.4, 0.5) is 0 Å². The molecule has 296 valence electrons. The normalized spacial score (nSPS) is 14.8. The molecule has 51 heavy (non-hydrogen) atoms. The molecule has 1 unspecified atom stereocenters. The number of phosphoric ester groups is 1. The van der Waals surface area contributed by atoms with Crippen LogP contribution in [0.3, 0.4) is 0 Å². The number of aliphatic hydroxyl groups is 1. The fourth-order valence-electron chi connectivity index (χ4n) is 5.09. The standard InChI is InChI=1S/C41H74NO8P/c1-3-4-5-6-7-8-9-10-16-19-22-25-28-31-35-47-37-40(38-49-51(45,46)48-36-34-42)50-41(44)33-30-27-24-21-18-15-13-11-12-14-17-20-23-26-29-32-39(2)43/h12-15,20-21,23-24,31,35,39-40,43H,3-11,16-19,22,25-30,32-34,36-38,42H2,1-2H3,(H,45,46)/b14-12-,15-13-,23-20-,24-21-,35-31+/t39-,40+/m0/s1. The predicted octanol–water partition coefficient (Wildman–Crippen LogP) is 10.7. The van der Waals surface area contributed by atoms with E-state index in [-0.39, 0.29) is 38.9 Å². The highest BCUT2D eigenvalue weighted by Gasteiger charge is 2.25. The summed E-state index contributed by atoms with van der Waals surface area (Å²) in [5.41, 5.74) is 5.34. The Bertz CT molecular complexity index is 979. The number of hydrogen-bond donors (Lipinski definition) is 3. The highest BCUT2D eigenvalue weighted by molar-refractivity contribution is 7.47. The molecule has 0 amide bonds. The van der Waals surface area contributed by atoms with Crippen molar-refractivity contribution in [1.29, 1.82) is 0 Å². The van der Waals surface area contributed by atoms with E-state index in [4.69, 9.17) is 24.3 Å². The van der Waals surface area contributed by atoms with Crippen LogP contribution >= 0.6 is 7.82 Å². The summed E-state index contributed by atoms with van der Waals surface area (Å²) >= 11 is 0. The average molecular weight is 740 g/mol. The zero-order valence-electron chi connectivity index (χ0n) is 32.2. The first kappa shape index (κ1) is 49.0. The molecule has 0 aromatic carbocycles. The van der Waals surface area contributed by atoms with Crippen molar-refractivity contribution in [3.8, 4) is 0 Å². The highest BCUT2D eigenvalue weighted by Crippen LogP contribution is 2.43. The van der Waals surface area contributed by atoms with Crippen molar-refractivity contribution in [1.82, 2.24) is 0 Å². The van der Waals surface area contributed by atoms with Gasteiger partial charge in [0.1, 0.15) is 6.61 Å². The zero-order chi connectivity index (χ0) is 37.5. The largest absolute Gasteiger partial charge is 0.498 e. The van der Waals surface area contributed by atoms with E-state index in [0.717, 1.165) is 57.8 Å². The number of hydrogen-bond acceptors (Lipinski definition) is 8. The maximum Gasteiger partial charge on any atom is 0.472 e. The van der Waals surface area contributed by atoms with Crippen LogP contribution in [0.5, 0.6) is 0 Å². The molecule has 3 atom stereocenters. The first-order valence-electron chi connectivity index (χ1n) is 19.9. The predicted molar refractivity (Wildman–Crippen MR) is 211 cm³/mol. The molecule has 0 fully saturated rings. The van der Waals surface area contributed by atoms with E-state index >= 15 is 0 Å². The third-order valence-corrected chi connectivity index (χ3v) is 9.00. The number of ether oxygens (including phenoxy) is 2. The van der Waals surface area contributed by atoms with Gasteiger partial charge in [0.05, 0.1) is 25.6 Å². The molecular weight excluding hydrogens is 665 g/mol. The number of nitrogens with two attached hydrogens (primary N) is 1. The van der Waals surface area contributed by atoms with E-state index in [1.165, 1.54) is 70.6 Å². The Hall–Kier alpha value is -2.00. The van der Waals surface area contributed by atoms with Gasteiger partial charge in [-0.15, -0.1) is 0 Å². The molecule has 0 bridgehead atoms. The topological polar surface area (TPSA) is 138 Å². The highest BCUT2D eigenvalue weighted by atomic mass is 31.2. The summed E-state index contributed by atoms with van der Waals surface area (Å²) in [6.45, 7) is 3.70. The van der Waals surface area contributed by atoms with E-state index in [1.807, 2.05) is 13.0 Å². The van der Waals surface area contributed by atoms with Crippen molar-refractivity contribution in [2.24, 2.45) is 5.73 Å². The van der Waals surface area contributed by atoms with Gasteiger partial charge >= 0.3 is 13.8 Å². The average Bonchev–Trinajstić information content (AvgIpc) is 3.10. The third-order valence-electron chi connectivity index (χ3n) is 8.02. The summed E-state index contributed by atoms with van der Waals surface area (Å²) in [4.78, 5) is 22.4. The van der Waals surface area contributed by atoms with Crippen LogP contribution in [0.2, 0.25) is 0 Å². The van der Waals surface area contributed by atoms with Crippen molar-refractivity contribution >= 4 is 13.8 Å². The van der Waals surface area contributed by atoms with Crippen molar-refractivity contribution < 1.29 is 37.9 Å². The lowest BCUT2D eigenvalue weighted by molar-refractivity contribution is -0.153. The number of aliphatic hydroxyl groups excluding tert-OH is 1. The summed E-state index contributed by atoms with van der Waals surface area (Å²) in [5.74, 6) is -0.419. The number of unbranched alkanes of at least 4 members (excludes halogenated alkanes) is 14. The summed E-state index contributed by atoms with van der Waals surface area (Å²) in [6, 6.07) is 0. The maximum atomic E-state index is 12.5. The van der Waals surface area contributed by atoms with Crippen LogP contribution < -0.4 is 5.73 Å². The van der Waals surface area contributed by atoms with E-state index in [1.54, 1.807) is 6.26 Å². The minimum Gasteiger partial charge on any atom is -0.498 e. The molecule has 0 heterocycles. The van der Waals surface area contributed by atoms with Crippen LogP contribution in [0.1, 0.15) is 155 Å². The molecule has 0 saturated heterocycles. The molecule has 0 radical (unpaired) electrons. The van der Waals surface area contributed by atoms with Crippen LogP contribution in [0.15, 0.2) is 60.9 Å². The van der Waals surface area contributed by atoms with Gasteiger partial charge in [0.25, 0.3) is 0 Å². The summed E-state index contributed by atoms with van der Waals surface area (Å²) in [7, 11) is -4.31. The lowest BCUT2D eigenvalue weighted by atomic mass is 10.0. The van der Waals surface area contributed by atoms with E-state index in [0.29, 0.717) is 6.42 Å². The smallest absolute Gasteiger partial charge is 0.472 e. The molecule has 0 aliphatic heterocycles. The number of carbonyl (C=O) groups excluding carboxylic acids is 1. The number of rotatable bonds is 37. The van der Waals surface area contributed by atoms with Crippen molar-refractivity contribution in [3.05, 3.63) is 60.9 Å². The molecule has 0 spiro atoms. The molecule has 0 aliphatic rings. The Labute approximate surface area is 311 Å².